The number of imidazole rings is 1. The van der Waals surface area contributed by atoms with Gasteiger partial charge in [-0.1, -0.05) is 0 Å². The van der Waals surface area contributed by atoms with Crippen molar-refractivity contribution in [2.24, 2.45) is 0 Å². The molecule has 2 unspecified atom stereocenters. The third-order valence-corrected chi connectivity index (χ3v) is 3.26. The Balaban J connectivity index is 1.98. The van der Waals surface area contributed by atoms with E-state index in [2.05, 4.69) is 20.3 Å². The zero-order chi connectivity index (χ0) is 11.8. The van der Waals surface area contributed by atoms with Crippen molar-refractivity contribution in [3.8, 4) is 0 Å². The van der Waals surface area contributed by atoms with E-state index in [0.717, 1.165) is 41.9 Å². The minimum atomic E-state index is -0.327. The van der Waals surface area contributed by atoms with Crippen LogP contribution in [0.15, 0.2) is 12.3 Å². The van der Waals surface area contributed by atoms with Gasteiger partial charge < -0.3 is 15.4 Å². The molecule has 2 atom stereocenters. The van der Waals surface area contributed by atoms with Crippen LogP contribution in [-0.4, -0.2) is 32.7 Å². The van der Waals surface area contributed by atoms with E-state index in [1.54, 1.807) is 6.20 Å². The Morgan fingerprint density at radius 1 is 1.47 bits per heavy atom. The molecule has 1 aliphatic rings. The maximum Gasteiger partial charge on any atom is 0.177 e. The molecule has 5 heteroatoms. The van der Waals surface area contributed by atoms with Gasteiger partial charge in [0, 0.05) is 6.20 Å². The minimum Gasteiger partial charge on any atom is -0.391 e. The van der Waals surface area contributed by atoms with Crippen molar-refractivity contribution in [1.29, 1.82) is 0 Å². The third kappa shape index (κ3) is 1.92. The smallest absolute Gasteiger partial charge is 0.177 e. The Hall–Kier alpha value is -1.46. The summed E-state index contributed by atoms with van der Waals surface area (Å²) in [4.78, 5) is 11.8. The number of hydrogen-bond donors (Lipinski definition) is 3. The van der Waals surface area contributed by atoms with E-state index >= 15 is 0 Å². The van der Waals surface area contributed by atoms with Gasteiger partial charge in [0.05, 0.1) is 17.7 Å². The highest BCUT2D eigenvalue weighted by Gasteiger charge is 2.24. The number of aryl methyl sites for hydroxylation is 1. The zero-order valence-corrected chi connectivity index (χ0v) is 9.77. The van der Waals surface area contributed by atoms with E-state index in [4.69, 9.17) is 0 Å². The molecule has 3 rings (SSSR count). The first-order valence-corrected chi connectivity index (χ1v) is 5.98. The number of nitrogens with zero attached hydrogens (tertiary/aromatic N) is 2. The number of aromatic nitrogens is 3. The first-order valence-electron chi connectivity index (χ1n) is 5.98. The minimum absolute atomic E-state index is 0.00995. The van der Waals surface area contributed by atoms with Crippen LogP contribution in [0.1, 0.15) is 30.3 Å². The van der Waals surface area contributed by atoms with Crippen LogP contribution in [0.25, 0.3) is 11.2 Å². The molecule has 90 valence electrons. The maximum atomic E-state index is 9.98. The van der Waals surface area contributed by atoms with Crippen molar-refractivity contribution in [3.05, 3.63) is 23.7 Å². The fourth-order valence-corrected chi connectivity index (χ4v) is 2.42. The second kappa shape index (κ2) is 4.09. The van der Waals surface area contributed by atoms with Gasteiger partial charge in [-0.15, -0.1) is 0 Å². The van der Waals surface area contributed by atoms with E-state index in [9.17, 15) is 5.11 Å². The number of fused-ring (bicyclic) bond motifs is 1. The normalized spacial score (nSPS) is 25.3. The fourth-order valence-electron chi connectivity index (χ4n) is 2.42. The Kier molecular flexibility index (Phi) is 2.57. The first-order chi connectivity index (χ1) is 8.24. The van der Waals surface area contributed by atoms with Crippen molar-refractivity contribution in [1.82, 2.24) is 20.3 Å². The van der Waals surface area contributed by atoms with Crippen LogP contribution in [0.2, 0.25) is 0 Å². The molecule has 1 fully saturated rings. The second-order valence-corrected chi connectivity index (χ2v) is 4.60. The number of rotatable bonds is 1. The molecule has 17 heavy (non-hydrogen) atoms. The Morgan fingerprint density at radius 3 is 3.18 bits per heavy atom. The number of aliphatic hydroxyl groups is 1. The van der Waals surface area contributed by atoms with Crippen LogP contribution in [-0.2, 0) is 0 Å². The first kappa shape index (κ1) is 10.7. The van der Waals surface area contributed by atoms with Crippen molar-refractivity contribution in [3.63, 3.8) is 0 Å². The lowest BCUT2D eigenvalue weighted by Gasteiger charge is -2.28. The Bertz CT molecular complexity index is 536. The largest absolute Gasteiger partial charge is 0.391 e. The second-order valence-electron chi connectivity index (χ2n) is 4.60. The number of H-pyrrole nitrogens is 1. The predicted octanol–water partition coefficient (Wildman–Crippen LogP) is 1.05. The number of nitrogens with one attached hydrogen (secondary N) is 2. The summed E-state index contributed by atoms with van der Waals surface area (Å²) in [5.41, 5.74) is 2.68. The van der Waals surface area contributed by atoms with Crippen LogP contribution in [0.5, 0.6) is 0 Å². The molecule has 0 aliphatic carbocycles. The van der Waals surface area contributed by atoms with E-state index < -0.39 is 0 Å². The highest BCUT2D eigenvalue weighted by atomic mass is 16.3. The van der Waals surface area contributed by atoms with Crippen molar-refractivity contribution < 1.29 is 5.11 Å². The molecule has 0 spiro atoms. The predicted molar refractivity (Wildman–Crippen MR) is 64.6 cm³/mol. The lowest BCUT2D eigenvalue weighted by Crippen LogP contribution is -2.37. The van der Waals surface area contributed by atoms with Gasteiger partial charge in [-0.3, -0.25) is 0 Å². The van der Waals surface area contributed by atoms with Crippen molar-refractivity contribution >= 4 is 11.2 Å². The summed E-state index contributed by atoms with van der Waals surface area (Å²) >= 11 is 0. The summed E-state index contributed by atoms with van der Waals surface area (Å²) in [6.07, 6.45) is 3.34. The van der Waals surface area contributed by atoms with Crippen molar-refractivity contribution in [2.45, 2.75) is 31.9 Å². The summed E-state index contributed by atoms with van der Waals surface area (Å²) in [7, 11) is 0. The monoisotopic (exact) mass is 232 g/mol. The molecule has 0 amide bonds. The molecule has 0 bridgehead atoms. The Labute approximate surface area is 99.3 Å². The van der Waals surface area contributed by atoms with Gasteiger partial charge in [0.25, 0.3) is 0 Å². The average Bonchev–Trinajstić information content (AvgIpc) is 2.68. The molecule has 3 N–H and O–H groups in total. The molecule has 2 aromatic heterocycles. The van der Waals surface area contributed by atoms with E-state index in [0.29, 0.717) is 0 Å². The topological polar surface area (TPSA) is 73.8 Å². The summed E-state index contributed by atoms with van der Waals surface area (Å²) < 4.78 is 0. The number of hydrogen-bond acceptors (Lipinski definition) is 4. The molecular formula is C12H16N4O. The lowest BCUT2D eigenvalue weighted by atomic mass is 9.96. The standard InChI is InChI=1S/C12H16N4O/c1-7-15-9-5-8(6-14-12(9)16-7)11-10(17)3-2-4-13-11/h5-6,10-11,13,17H,2-4H2,1H3,(H,14,15,16). The molecule has 1 aliphatic heterocycles. The van der Waals surface area contributed by atoms with Crippen LogP contribution < -0.4 is 5.32 Å². The van der Waals surface area contributed by atoms with Crippen LogP contribution >= 0.6 is 0 Å². The van der Waals surface area contributed by atoms with Crippen molar-refractivity contribution in [2.75, 3.05) is 6.54 Å². The van der Waals surface area contributed by atoms with E-state index in [1.165, 1.54) is 0 Å². The molecule has 0 saturated carbocycles. The molecule has 2 aromatic rings. The van der Waals surface area contributed by atoms with E-state index in [1.807, 2.05) is 13.0 Å². The molecular weight excluding hydrogens is 216 g/mol. The molecule has 3 heterocycles. The lowest BCUT2D eigenvalue weighted by molar-refractivity contribution is 0.0964. The quantitative estimate of drug-likeness (QED) is 0.687. The molecule has 5 nitrogen and oxygen atoms in total. The highest BCUT2D eigenvalue weighted by molar-refractivity contribution is 5.71. The van der Waals surface area contributed by atoms with E-state index in [-0.39, 0.29) is 12.1 Å². The third-order valence-electron chi connectivity index (χ3n) is 3.26. The van der Waals surface area contributed by atoms with Crippen LogP contribution in [0.4, 0.5) is 0 Å². The van der Waals surface area contributed by atoms with Gasteiger partial charge in [0.15, 0.2) is 5.65 Å². The summed E-state index contributed by atoms with van der Waals surface area (Å²) in [5.74, 6) is 0.863. The Morgan fingerprint density at radius 2 is 2.35 bits per heavy atom. The average molecular weight is 232 g/mol. The van der Waals surface area contributed by atoms with Gasteiger partial charge in [-0.25, -0.2) is 9.97 Å². The maximum absolute atomic E-state index is 9.98. The van der Waals surface area contributed by atoms with Gasteiger partial charge >= 0.3 is 0 Å². The summed E-state index contributed by atoms with van der Waals surface area (Å²) in [6, 6.07) is 2.01. The van der Waals surface area contributed by atoms with Gasteiger partial charge in [0.2, 0.25) is 0 Å². The van der Waals surface area contributed by atoms with Crippen LogP contribution in [0.3, 0.4) is 0 Å². The number of piperidine rings is 1. The molecule has 1 saturated heterocycles. The zero-order valence-electron chi connectivity index (χ0n) is 9.77. The summed E-state index contributed by atoms with van der Waals surface area (Å²) in [6.45, 7) is 2.86. The number of aliphatic hydroxyl groups excluding tert-OH is 1. The van der Waals surface area contributed by atoms with Gasteiger partial charge in [-0.2, -0.15) is 0 Å². The SMILES string of the molecule is Cc1nc2ncc(C3NCCCC3O)cc2[nH]1. The molecule has 0 aromatic carbocycles. The van der Waals surface area contributed by atoms with Gasteiger partial charge in [-0.05, 0) is 37.9 Å². The van der Waals surface area contributed by atoms with Crippen LogP contribution in [0, 0.1) is 6.92 Å². The van der Waals surface area contributed by atoms with Gasteiger partial charge in [0.1, 0.15) is 5.82 Å². The fraction of sp³-hybridized carbons (Fsp3) is 0.500. The molecule has 0 radical (unpaired) electrons. The summed E-state index contributed by atoms with van der Waals surface area (Å²) in [5, 5.41) is 13.3. The number of pyridine rings is 1. The highest BCUT2D eigenvalue weighted by Crippen LogP contribution is 2.24. The number of aromatic amines is 1.